The zero-order valence-electron chi connectivity index (χ0n) is 9.36. The normalized spacial score (nSPS) is 26.5. The van der Waals surface area contributed by atoms with Crippen molar-refractivity contribution in [1.29, 1.82) is 0 Å². The summed E-state index contributed by atoms with van der Waals surface area (Å²) < 4.78 is 0. The van der Waals surface area contributed by atoms with Crippen molar-refractivity contribution in [2.75, 3.05) is 6.54 Å². The average molecular weight is 203 g/mol. The Morgan fingerprint density at radius 2 is 1.93 bits per heavy atom. The van der Waals surface area contributed by atoms with Crippen molar-refractivity contribution in [2.45, 2.75) is 38.0 Å². The van der Waals surface area contributed by atoms with Gasteiger partial charge in [0, 0.05) is 0 Å². The molecule has 0 aliphatic heterocycles. The fourth-order valence-electron chi connectivity index (χ4n) is 2.82. The van der Waals surface area contributed by atoms with Gasteiger partial charge in [-0.25, -0.2) is 0 Å². The number of hydrogen-bond acceptors (Lipinski definition) is 1. The van der Waals surface area contributed by atoms with Crippen molar-refractivity contribution in [3.8, 4) is 0 Å². The molecule has 0 unspecified atom stereocenters. The van der Waals surface area contributed by atoms with Crippen LogP contribution in [0.1, 0.15) is 43.6 Å². The first-order chi connectivity index (χ1) is 7.40. The summed E-state index contributed by atoms with van der Waals surface area (Å²) in [7, 11) is 0. The second-order valence-corrected chi connectivity index (χ2v) is 4.72. The zero-order chi connectivity index (χ0) is 10.5. The van der Waals surface area contributed by atoms with Gasteiger partial charge in [-0.05, 0) is 43.2 Å². The molecule has 82 valence electrons. The number of rotatable bonds is 3. The summed E-state index contributed by atoms with van der Waals surface area (Å²) in [6.45, 7) is 0.853. The van der Waals surface area contributed by atoms with Gasteiger partial charge in [0.25, 0.3) is 0 Å². The van der Waals surface area contributed by atoms with Gasteiger partial charge < -0.3 is 5.73 Å². The predicted octanol–water partition coefficient (Wildman–Crippen LogP) is 3.31. The van der Waals surface area contributed by atoms with E-state index in [1.165, 1.54) is 37.7 Å². The van der Waals surface area contributed by atoms with E-state index in [1.54, 1.807) is 0 Å². The highest BCUT2D eigenvalue weighted by Crippen LogP contribution is 2.37. The first-order valence-corrected chi connectivity index (χ1v) is 6.15. The molecule has 1 aromatic carbocycles. The van der Waals surface area contributed by atoms with Crippen molar-refractivity contribution in [3.63, 3.8) is 0 Å². The molecule has 0 spiro atoms. The molecule has 1 aliphatic carbocycles. The fraction of sp³-hybridized carbons (Fsp3) is 0.571. The van der Waals surface area contributed by atoms with Gasteiger partial charge in [-0.15, -0.1) is 0 Å². The van der Waals surface area contributed by atoms with Crippen LogP contribution < -0.4 is 5.73 Å². The quantitative estimate of drug-likeness (QED) is 0.801. The predicted molar refractivity (Wildman–Crippen MR) is 64.8 cm³/mol. The van der Waals surface area contributed by atoms with Crippen LogP contribution in [0.2, 0.25) is 0 Å². The van der Waals surface area contributed by atoms with Gasteiger partial charge in [0.05, 0.1) is 0 Å². The lowest BCUT2D eigenvalue weighted by Gasteiger charge is -2.29. The maximum atomic E-state index is 5.64. The smallest absolute Gasteiger partial charge is 0.00746 e. The third-order valence-corrected chi connectivity index (χ3v) is 3.63. The summed E-state index contributed by atoms with van der Waals surface area (Å²) in [4.78, 5) is 0. The average Bonchev–Trinajstić information content (AvgIpc) is 2.31. The topological polar surface area (TPSA) is 26.0 Å². The number of nitrogens with two attached hydrogens (primary N) is 1. The van der Waals surface area contributed by atoms with E-state index >= 15 is 0 Å². The Balaban J connectivity index is 1.98. The van der Waals surface area contributed by atoms with Crippen LogP contribution in [0.15, 0.2) is 30.3 Å². The maximum Gasteiger partial charge on any atom is -0.00746 e. The third-order valence-electron chi connectivity index (χ3n) is 3.63. The van der Waals surface area contributed by atoms with Gasteiger partial charge in [-0.3, -0.25) is 0 Å². The summed E-state index contributed by atoms with van der Waals surface area (Å²) in [6.07, 6.45) is 6.69. The molecular weight excluding hydrogens is 182 g/mol. The molecule has 1 heteroatoms. The lowest BCUT2D eigenvalue weighted by molar-refractivity contribution is 0.309. The summed E-state index contributed by atoms with van der Waals surface area (Å²) in [5.74, 6) is 1.66. The monoisotopic (exact) mass is 203 g/mol. The highest BCUT2D eigenvalue weighted by Gasteiger charge is 2.22. The molecule has 0 heterocycles. The molecule has 0 radical (unpaired) electrons. The third kappa shape index (κ3) is 2.82. The van der Waals surface area contributed by atoms with E-state index in [1.807, 2.05) is 0 Å². The Hall–Kier alpha value is -0.820. The van der Waals surface area contributed by atoms with Gasteiger partial charge in [-0.1, -0.05) is 43.2 Å². The lowest BCUT2D eigenvalue weighted by Crippen LogP contribution is -2.17. The summed E-state index contributed by atoms with van der Waals surface area (Å²) in [6, 6.07) is 11.0. The van der Waals surface area contributed by atoms with Crippen LogP contribution in [-0.4, -0.2) is 6.54 Å². The Labute approximate surface area is 92.7 Å². The van der Waals surface area contributed by atoms with E-state index in [4.69, 9.17) is 5.73 Å². The van der Waals surface area contributed by atoms with Crippen LogP contribution in [0.4, 0.5) is 0 Å². The van der Waals surface area contributed by atoms with Gasteiger partial charge in [0.2, 0.25) is 0 Å². The molecule has 0 amide bonds. The van der Waals surface area contributed by atoms with Gasteiger partial charge in [-0.2, -0.15) is 0 Å². The molecule has 1 saturated carbocycles. The van der Waals surface area contributed by atoms with Gasteiger partial charge >= 0.3 is 0 Å². The molecule has 0 aromatic heterocycles. The second-order valence-electron chi connectivity index (χ2n) is 4.72. The molecule has 0 saturated heterocycles. The first-order valence-electron chi connectivity index (χ1n) is 6.15. The van der Waals surface area contributed by atoms with Crippen molar-refractivity contribution in [3.05, 3.63) is 35.9 Å². The molecule has 2 N–H and O–H groups in total. The minimum Gasteiger partial charge on any atom is -0.330 e. The second kappa shape index (κ2) is 5.32. The van der Waals surface area contributed by atoms with Crippen LogP contribution in [0.5, 0.6) is 0 Å². The van der Waals surface area contributed by atoms with Gasteiger partial charge in [0.15, 0.2) is 0 Å². The Morgan fingerprint density at radius 1 is 1.13 bits per heavy atom. The molecular formula is C14H21N. The zero-order valence-corrected chi connectivity index (χ0v) is 9.36. The highest BCUT2D eigenvalue weighted by atomic mass is 14.5. The first kappa shape index (κ1) is 10.7. The van der Waals surface area contributed by atoms with Crippen LogP contribution in [0.25, 0.3) is 0 Å². The summed E-state index contributed by atoms with van der Waals surface area (Å²) in [5, 5.41) is 0. The molecule has 1 fully saturated rings. The minimum atomic E-state index is 0.788. The molecule has 15 heavy (non-hydrogen) atoms. The van der Waals surface area contributed by atoms with E-state index in [2.05, 4.69) is 30.3 Å². The van der Waals surface area contributed by atoms with E-state index in [0.717, 1.165) is 18.4 Å². The number of benzene rings is 1. The minimum absolute atomic E-state index is 0.788. The van der Waals surface area contributed by atoms with E-state index in [0.29, 0.717) is 0 Å². The Bertz CT molecular complexity index is 279. The molecule has 2 rings (SSSR count). The molecule has 1 nitrogen and oxygen atoms in total. The molecule has 2 atom stereocenters. The standard InChI is InChI=1S/C14H21N/c15-10-9-12-5-4-8-14(11-12)13-6-2-1-3-7-13/h1-3,6-7,12,14H,4-5,8-11,15H2/t12-,14-/m0/s1. The number of hydrogen-bond donors (Lipinski definition) is 1. The van der Waals surface area contributed by atoms with Crippen LogP contribution >= 0.6 is 0 Å². The van der Waals surface area contributed by atoms with E-state index in [9.17, 15) is 0 Å². The van der Waals surface area contributed by atoms with Crippen molar-refractivity contribution >= 4 is 0 Å². The van der Waals surface area contributed by atoms with E-state index in [-0.39, 0.29) is 0 Å². The van der Waals surface area contributed by atoms with E-state index < -0.39 is 0 Å². The summed E-state index contributed by atoms with van der Waals surface area (Å²) >= 11 is 0. The van der Waals surface area contributed by atoms with Crippen LogP contribution in [0.3, 0.4) is 0 Å². The Morgan fingerprint density at radius 3 is 2.67 bits per heavy atom. The van der Waals surface area contributed by atoms with Crippen LogP contribution in [0, 0.1) is 5.92 Å². The van der Waals surface area contributed by atoms with Crippen molar-refractivity contribution in [2.24, 2.45) is 11.7 Å². The van der Waals surface area contributed by atoms with Crippen LogP contribution in [-0.2, 0) is 0 Å². The molecule has 1 aliphatic rings. The van der Waals surface area contributed by atoms with Crippen molar-refractivity contribution < 1.29 is 0 Å². The maximum absolute atomic E-state index is 5.64. The lowest BCUT2D eigenvalue weighted by atomic mass is 9.77. The van der Waals surface area contributed by atoms with Crippen molar-refractivity contribution in [1.82, 2.24) is 0 Å². The SMILES string of the molecule is NCC[C@@H]1CCC[C@H](c2ccccc2)C1. The fourth-order valence-corrected chi connectivity index (χ4v) is 2.82. The largest absolute Gasteiger partial charge is 0.330 e. The van der Waals surface area contributed by atoms with Gasteiger partial charge in [0.1, 0.15) is 0 Å². The molecule has 0 bridgehead atoms. The Kier molecular flexibility index (Phi) is 3.79. The summed E-state index contributed by atoms with van der Waals surface area (Å²) in [5.41, 5.74) is 7.17. The highest BCUT2D eigenvalue weighted by molar-refractivity contribution is 5.19. The molecule has 1 aromatic rings.